The minimum absolute atomic E-state index is 0.0726. The summed E-state index contributed by atoms with van der Waals surface area (Å²) in [5.74, 6) is -1.08. The first-order valence-corrected chi connectivity index (χ1v) is 10.3. The second-order valence-electron chi connectivity index (χ2n) is 5.08. The molecule has 0 spiro atoms. The lowest BCUT2D eigenvalue weighted by atomic mass is 10.2. The van der Waals surface area contributed by atoms with E-state index in [1.54, 1.807) is 13.0 Å². The maximum Gasteiger partial charge on any atom is 0.264 e. The van der Waals surface area contributed by atoms with E-state index in [9.17, 15) is 21.2 Å². The van der Waals surface area contributed by atoms with Crippen molar-refractivity contribution in [1.82, 2.24) is 0 Å². The summed E-state index contributed by atoms with van der Waals surface area (Å²) in [4.78, 5) is -0.601. The Morgan fingerprint density at radius 2 is 1.67 bits per heavy atom. The van der Waals surface area contributed by atoms with Crippen LogP contribution in [0.4, 0.5) is 15.8 Å². The minimum Gasteiger partial charge on any atom is -0.284 e. The molecule has 0 unspecified atom stereocenters. The molecule has 0 aliphatic carbocycles. The predicted octanol–water partition coefficient (Wildman–Crippen LogP) is 2.96. The molecule has 24 heavy (non-hydrogen) atoms. The van der Waals surface area contributed by atoms with Crippen molar-refractivity contribution >= 4 is 43.0 Å². The standard InChI is InChI=1S/C14H14ClFN2O4S2/c1-9-7-10(15)3-5-13(9)18-24(21,22)14-6-4-11(8-12(14)16)17-23(2,19)20/h3-8,17-18H,1-2H3. The van der Waals surface area contributed by atoms with Gasteiger partial charge >= 0.3 is 0 Å². The molecule has 0 saturated carbocycles. The fourth-order valence-electron chi connectivity index (χ4n) is 1.94. The molecule has 2 aromatic carbocycles. The van der Waals surface area contributed by atoms with Crippen LogP contribution in [0.1, 0.15) is 5.56 Å². The number of aryl methyl sites for hydroxylation is 1. The molecule has 0 radical (unpaired) electrons. The van der Waals surface area contributed by atoms with Gasteiger partial charge in [-0.25, -0.2) is 21.2 Å². The molecular weight excluding hydrogens is 379 g/mol. The van der Waals surface area contributed by atoms with Crippen LogP contribution in [0, 0.1) is 12.7 Å². The number of hydrogen-bond donors (Lipinski definition) is 2. The van der Waals surface area contributed by atoms with Crippen LogP contribution >= 0.6 is 11.6 Å². The number of hydrogen-bond acceptors (Lipinski definition) is 4. The van der Waals surface area contributed by atoms with Crippen LogP contribution in [0.5, 0.6) is 0 Å². The number of rotatable bonds is 5. The van der Waals surface area contributed by atoms with Crippen molar-refractivity contribution in [3.8, 4) is 0 Å². The second-order valence-corrected chi connectivity index (χ2v) is 8.92. The molecule has 0 saturated heterocycles. The van der Waals surface area contributed by atoms with Crippen LogP contribution in [0.25, 0.3) is 0 Å². The third kappa shape index (κ3) is 4.59. The summed E-state index contributed by atoms with van der Waals surface area (Å²) in [6, 6.07) is 7.47. The monoisotopic (exact) mass is 392 g/mol. The fraction of sp³-hybridized carbons (Fsp3) is 0.143. The molecule has 10 heteroatoms. The van der Waals surface area contributed by atoms with Gasteiger partial charge in [0.1, 0.15) is 10.7 Å². The normalized spacial score (nSPS) is 12.0. The summed E-state index contributed by atoms with van der Waals surface area (Å²) >= 11 is 5.81. The van der Waals surface area contributed by atoms with Gasteiger partial charge in [-0.2, -0.15) is 0 Å². The third-order valence-corrected chi connectivity index (χ3v) is 5.20. The van der Waals surface area contributed by atoms with E-state index in [4.69, 9.17) is 11.6 Å². The Balaban J connectivity index is 2.35. The zero-order chi connectivity index (χ0) is 18.1. The fourth-order valence-corrected chi connectivity index (χ4v) is 3.91. The van der Waals surface area contributed by atoms with Gasteiger partial charge in [0.25, 0.3) is 10.0 Å². The largest absolute Gasteiger partial charge is 0.284 e. The average molecular weight is 393 g/mol. The maximum absolute atomic E-state index is 14.1. The SMILES string of the molecule is Cc1cc(Cl)ccc1NS(=O)(=O)c1ccc(NS(C)(=O)=O)cc1F. The molecule has 0 atom stereocenters. The van der Waals surface area contributed by atoms with Gasteiger partial charge in [-0.05, 0) is 48.9 Å². The van der Waals surface area contributed by atoms with Crippen molar-refractivity contribution in [2.75, 3.05) is 15.7 Å². The van der Waals surface area contributed by atoms with Crippen LogP contribution < -0.4 is 9.44 Å². The summed E-state index contributed by atoms with van der Waals surface area (Å²) in [5, 5.41) is 0.442. The lowest BCUT2D eigenvalue weighted by Gasteiger charge is -2.12. The summed E-state index contributed by atoms with van der Waals surface area (Å²) in [6.07, 6.45) is 0.903. The number of anilines is 2. The molecule has 6 nitrogen and oxygen atoms in total. The second kappa shape index (κ2) is 6.58. The first-order chi connectivity index (χ1) is 11.0. The molecule has 2 rings (SSSR count). The topological polar surface area (TPSA) is 92.3 Å². The highest BCUT2D eigenvalue weighted by Gasteiger charge is 2.20. The Labute approximate surface area is 144 Å². The molecule has 0 fully saturated rings. The van der Waals surface area contributed by atoms with E-state index in [1.165, 1.54) is 12.1 Å². The van der Waals surface area contributed by atoms with Crippen LogP contribution in [0.2, 0.25) is 5.02 Å². The van der Waals surface area contributed by atoms with E-state index in [2.05, 4.69) is 9.44 Å². The minimum atomic E-state index is -4.19. The highest BCUT2D eigenvalue weighted by Crippen LogP contribution is 2.25. The van der Waals surface area contributed by atoms with Crippen molar-refractivity contribution in [3.05, 3.63) is 52.8 Å². The van der Waals surface area contributed by atoms with Gasteiger partial charge in [0.15, 0.2) is 0 Å². The number of sulfonamides is 2. The summed E-state index contributed by atoms with van der Waals surface area (Å²) < 4.78 is 65.4. The molecule has 0 aliphatic rings. The van der Waals surface area contributed by atoms with Crippen LogP contribution in [0.3, 0.4) is 0 Å². The van der Waals surface area contributed by atoms with Crippen molar-refractivity contribution < 1.29 is 21.2 Å². The number of nitrogens with one attached hydrogen (secondary N) is 2. The molecule has 0 heterocycles. The van der Waals surface area contributed by atoms with E-state index in [0.29, 0.717) is 10.6 Å². The Kier molecular flexibility index (Phi) is 5.07. The molecule has 0 bridgehead atoms. The van der Waals surface area contributed by atoms with Crippen LogP contribution in [0.15, 0.2) is 41.3 Å². The summed E-state index contributed by atoms with van der Waals surface area (Å²) in [6.45, 7) is 1.65. The Morgan fingerprint density at radius 3 is 2.21 bits per heavy atom. The molecule has 2 N–H and O–H groups in total. The zero-order valence-corrected chi connectivity index (χ0v) is 15.1. The molecule has 2 aromatic rings. The van der Waals surface area contributed by atoms with Gasteiger partial charge in [-0.1, -0.05) is 11.6 Å². The van der Waals surface area contributed by atoms with Gasteiger partial charge in [-0.3, -0.25) is 9.44 Å². The van der Waals surface area contributed by atoms with E-state index in [1.807, 2.05) is 0 Å². The van der Waals surface area contributed by atoms with E-state index in [-0.39, 0.29) is 11.4 Å². The summed E-state index contributed by atoms with van der Waals surface area (Å²) in [7, 11) is -7.78. The average Bonchev–Trinajstić information content (AvgIpc) is 2.39. The Morgan fingerprint density at radius 1 is 1.00 bits per heavy atom. The molecular formula is C14H14ClFN2O4S2. The smallest absolute Gasteiger partial charge is 0.264 e. The van der Waals surface area contributed by atoms with Crippen LogP contribution in [-0.2, 0) is 20.0 Å². The molecule has 130 valence electrons. The van der Waals surface area contributed by atoms with Gasteiger partial charge in [0, 0.05) is 5.02 Å². The highest BCUT2D eigenvalue weighted by molar-refractivity contribution is 7.92. The molecule has 0 aliphatic heterocycles. The van der Waals surface area contributed by atoms with Crippen LogP contribution in [-0.4, -0.2) is 23.1 Å². The Hall–Kier alpha value is -1.84. The lowest BCUT2D eigenvalue weighted by Crippen LogP contribution is -2.16. The van der Waals surface area contributed by atoms with Gasteiger partial charge in [-0.15, -0.1) is 0 Å². The van der Waals surface area contributed by atoms with E-state index in [0.717, 1.165) is 24.5 Å². The Bertz CT molecular complexity index is 992. The van der Waals surface area contributed by atoms with Gasteiger partial charge in [0.05, 0.1) is 17.6 Å². The van der Waals surface area contributed by atoms with Crippen molar-refractivity contribution in [2.45, 2.75) is 11.8 Å². The van der Waals surface area contributed by atoms with Crippen molar-refractivity contribution in [2.24, 2.45) is 0 Å². The molecule has 0 amide bonds. The first-order valence-electron chi connectivity index (χ1n) is 6.54. The van der Waals surface area contributed by atoms with Crippen molar-refractivity contribution in [3.63, 3.8) is 0 Å². The number of benzene rings is 2. The van der Waals surface area contributed by atoms with E-state index < -0.39 is 30.8 Å². The number of halogens is 2. The quantitative estimate of drug-likeness (QED) is 0.818. The zero-order valence-electron chi connectivity index (χ0n) is 12.7. The highest BCUT2D eigenvalue weighted by atomic mass is 35.5. The predicted molar refractivity (Wildman–Crippen MR) is 91.9 cm³/mol. The van der Waals surface area contributed by atoms with Gasteiger partial charge < -0.3 is 0 Å². The third-order valence-electron chi connectivity index (χ3n) is 2.96. The van der Waals surface area contributed by atoms with Gasteiger partial charge in [0.2, 0.25) is 10.0 Å². The maximum atomic E-state index is 14.1. The first kappa shape index (κ1) is 18.5. The van der Waals surface area contributed by atoms with Crippen molar-refractivity contribution in [1.29, 1.82) is 0 Å². The lowest BCUT2D eigenvalue weighted by molar-refractivity contribution is 0.571. The summed E-state index contributed by atoms with van der Waals surface area (Å²) in [5.41, 5.74) is 0.760. The van der Waals surface area contributed by atoms with E-state index >= 15 is 0 Å². The molecule has 0 aromatic heterocycles.